The van der Waals surface area contributed by atoms with Crippen molar-refractivity contribution in [2.45, 2.75) is 25.9 Å². The lowest BCUT2D eigenvalue weighted by Gasteiger charge is -2.30. The van der Waals surface area contributed by atoms with Gasteiger partial charge in [0.05, 0.1) is 13.2 Å². The quantitative estimate of drug-likeness (QED) is 0.732. The lowest BCUT2D eigenvalue weighted by molar-refractivity contribution is -0.131. The minimum atomic E-state index is -1.15. The molecule has 0 radical (unpaired) electrons. The van der Waals surface area contributed by atoms with Crippen LogP contribution in [0.15, 0.2) is 24.3 Å². The van der Waals surface area contributed by atoms with Gasteiger partial charge in [-0.1, -0.05) is 18.2 Å². The van der Waals surface area contributed by atoms with Crippen molar-refractivity contribution in [3.63, 3.8) is 0 Å². The Labute approximate surface area is 149 Å². The number of carbonyl (C=O) groups is 1. The number of aliphatic hydroxyl groups is 1. The van der Waals surface area contributed by atoms with Crippen molar-refractivity contribution in [1.82, 2.24) is 10.2 Å². The Bertz CT molecular complexity index is 583. The van der Waals surface area contributed by atoms with E-state index in [0.29, 0.717) is 12.3 Å². The fourth-order valence-corrected chi connectivity index (χ4v) is 3.16. The first-order valence-corrected chi connectivity index (χ1v) is 9.02. The summed E-state index contributed by atoms with van der Waals surface area (Å²) in [5.74, 6) is 0.335. The maximum Gasteiger partial charge on any atom is 0.252 e. The fraction of sp³-hybridized carbons (Fsp3) is 0.632. The van der Waals surface area contributed by atoms with Crippen LogP contribution in [0.25, 0.3) is 0 Å². The largest absolute Gasteiger partial charge is 0.490 e. The molecule has 2 N–H and O–H groups in total. The predicted octanol–water partition coefficient (Wildman–Crippen LogP) is 0.963. The first kappa shape index (κ1) is 18.2. The van der Waals surface area contributed by atoms with Gasteiger partial charge in [-0.15, -0.1) is 0 Å². The Balaban J connectivity index is 1.40. The highest BCUT2D eigenvalue weighted by atomic mass is 16.5. The average molecular weight is 348 g/mol. The van der Waals surface area contributed by atoms with Crippen molar-refractivity contribution in [3.8, 4) is 5.75 Å². The van der Waals surface area contributed by atoms with Gasteiger partial charge < -0.3 is 19.9 Å². The van der Waals surface area contributed by atoms with Gasteiger partial charge in [-0.25, -0.2) is 0 Å². The second-order valence-electron chi connectivity index (χ2n) is 7.20. The van der Waals surface area contributed by atoms with Gasteiger partial charge in [0.25, 0.3) is 5.91 Å². The molecule has 1 unspecified atom stereocenters. The van der Waals surface area contributed by atoms with Crippen LogP contribution in [0.3, 0.4) is 0 Å². The van der Waals surface area contributed by atoms with E-state index in [1.807, 2.05) is 31.2 Å². The van der Waals surface area contributed by atoms with Gasteiger partial charge in [-0.3, -0.25) is 9.69 Å². The second-order valence-corrected chi connectivity index (χ2v) is 7.20. The summed E-state index contributed by atoms with van der Waals surface area (Å²) in [4.78, 5) is 14.5. The maximum absolute atomic E-state index is 12.1. The molecule has 1 heterocycles. The molecule has 25 heavy (non-hydrogen) atoms. The van der Waals surface area contributed by atoms with Crippen molar-refractivity contribution < 1.29 is 19.4 Å². The number of amides is 1. The van der Waals surface area contributed by atoms with E-state index < -0.39 is 6.10 Å². The molecular weight excluding hydrogens is 320 g/mol. The molecule has 138 valence electrons. The van der Waals surface area contributed by atoms with Crippen LogP contribution in [-0.4, -0.2) is 68.0 Å². The lowest BCUT2D eigenvalue weighted by Crippen LogP contribution is -2.45. The molecule has 1 aliphatic carbocycles. The molecule has 2 fully saturated rings. The highest BCUT2D eigenvalue weighted by molar-refractivity contribution is 5.80. The third kappa shape index (κ3) is 5.17. The minimum absolute atomic E-state index is 0.0346. The molecule has 1 saturated heterocycles. The van der Waals surface area contributed by atoms with Gasteiger partial charge in [0.2, 0.25) is 0 Å². The molecule has 1 aliphatic heterocycles. The normalized spacial score (nSPS) is 20.7. The zero-order valence-corrected chi connectivity index (χ0v) is 14.9. The smallest absolute Gasteiger partial charge is 0.252 e. The van der Waals surface area contributed by atoms with Crippen LogP contribution in [0, 0.1) is 12.3 Å². The topological polar surface area (TPSA) is 71.0 Å². The predicted molar refractivity (Wildman–Crippen MR) is 94.6 cm³/mol. The Kier molecular flexibility index (Phi) is 5.93. The molecule has 1 saturated carbocycles. The molecule has 6 nitrogen and oxygen atoms in total. The van der Waals surface area contributed by atoms with Crippen molar-refractivity contribution in [2.75, 3.05) is 46.0 Å². The highest BCUT2D eigenvalue weighted by Crippen LogP contribution is 2.45. The number of para-hydroxylation sites is 1. The number of aryl methyl sites for hydroxylation is 1. The van der Waals surface area contributed by atoms with Crippen LogP contribution in [-0.2, 0) is 9.53 Å². The SMILES string of the molecule is Cc1ccccc1OCC(O)C(=O)NCC1(CN2CCOCC2)CC1. The van der Waals surface area contributed by atoms with Crippen LogP contribution >= 0.6 is 0 Å². The van der Waals surface area contributed by atoms with Gasteiger partial charge >= 0.3 is 0 Å². The number of hydrogen-bond donors (Lipinski definition) is 2. The summed E-state index contributed by atoms with van der Waals surface area (Å²) >= 11 is 0. The van der Waals surface area contributed by atoms with Gasteiger partial charge in [0.15, 0.2) is 6.10 Å². The van der Waals surface area contributed by atoms with Crippen molar-refractivity contribution in [3.05, 3.63) is 29.8 Å². The summed E-state index contributed by atoms with van der Waals surface area (Å²) < 4.78 is 10.9. The van der Waals surface area contributed by atoms with Crippen molar-refractivity contribution >= 4 is 5.91 Å². The molecule has 2 aliphatic rings. The Morgan fingerprint density at radius 3 is 2.76 bits per heavy atom. The number of carbonyl (C=O) groups excluding carboxylic acids is 1. The van der Waals surface area contributed by atoms with E-state index >= 15 is 0 Å². The van der Waals surface area contributed by atoms with Gasteiger partial charge in [0.1, 0.15) is 12.4 Å². The summed E-state index contributed by atoms with van der Waals surface area (Å²) in [5.41, 5.74) is 1.15. The summed E-state index contributed by atoms with van der Waals surface area (Å²) in [5, 5.41) is 12.9. The zero-order valence-electron chi connectivity index (χ0n) is 14.9. The first-order chi connectivity index (χ1) is 12.1. The molecule has 1 aromatic carbocycles. The van der Waals surface area contributed by atoms with Crippen LogP contribution in [0.5, 0.6) is 5.75 Å². The third-order valence-corrected chi connectivity index (χ3v) is 5.05. The lowest BCUT2D eigenvalue weighted by atomic mass is 10.1. The van der Waals surface area contributed by atoms with Gasteiger partial charge in [-0.05, 0) is 31.4 Å². The molecule has 1 atom stereocenters. The number of nitrogens with zero attached hydrogens (tertiary/aromatic N) is 1. The monoisotopic (exact) mass is 348 g/mol. The molecule has 0 spiro atoms. The van der Waals surface area contributed by atoms with E-state index in [0.717, 1.165) is 51.3 Å². The number of hydrogen-bond acceptors (Lipinski definition) is 5. The van der Waals surface area contributed by atoms with Crippen LogP contribution in [0.4, 0.5) is 0 Å². The van der Waals surface area contributed by atoms with Crippen LogP contribution in [0.1, 0.15) is 18.4 Å². The Morgan fingerprint density at radius 1 is 1.36 bits per heavy atom. The number of morpholine rings is 1. The number of rotatable bonds is 8. The minimum Gasteiger partial charge on any atom is -0.490 e. The molecule has 3 rings (SSSR count). The van der Waals surface area contributed by atoms with E-state index in [1.54, 1.807) is 0 Å². The summed E-state index contributed by atoms with van der Waals surface area (Å²) in [6.45, 7) is 7.01. The van der Waals surface area contributed by atoms with E-state index in [4.69, 9.17) is 9.47 Å². The van der Waals surface area contributed by atoms with Crippen LogP contribution < -0.4 is 10.1 Å². The van der Waals surface area contributed by atoms with Gasteiger partial charge in [0, 0.05) is 31.6 Å². The molecule has 1 aromatic rings. The van der Waals surface area contributed by atoms with Crippen molar-refractivity contribution in [1.29, 1.82) is 0 Å². The maximum atomic E-state index is 12.1. The Morgan fingerprint density at radius 2 is 2.08 bits per heavy atom. The van der Waals surface area contributed by atoms with E-state index in [-0.39, 0.29) is 17.9 Å². The third-order valence-electron chi connectivity index (χ3n) is 5.05. The molecule has 6 heteroatoms. The summed E-state index contributed by atoms with van der Waals surface area (Å²) in [7, 11) is 0. The van der Waals surface area contributed by atoms with Crippen molar-refractivity contribution in [2.24, 2.45) is 5.41 Å². The molecular formula is C19H28N2O4. The standard InChI is InChI=1S/C19H28N2O4/c1-15-4-2-3-5-17(15)25-12-16(22)18(23)20-13-19(6-7-19)14-21-8-10-24-11-9-21/h2-5,16,22H,6-14H2,1H3,(H,20,23). The summed E-state index contributed by atoms with van der Waals surface area (Å²) in [6, 6.07) is 7.57. The van der Waals surface area contributed by atoms with E-state index in [9.17, 15) is 9.90 Å². The van der Waals surface area contributed by atoms with E-state index in [2.05, 4.69) is 10.2 Å². The number of aliphatic hydroxyl groups excluding tert-OH is 1. The first-order valence-electron chi connectivity index (χ1n) is 9.02. The number of nitrogens with one attached hydrogen (secondary N) is 1. The zero-order chi connectivity index (χ0) is 17.7. The fourth-order valence-electron chi connectivity index (χ4n) is 3.16. The molecule has 0 aromatic heterocycles. The van der Waals surface area contributed by atoms with Gasteiger partial charge in [-0.2, -0.15) is 0 Å². The highest BCUT2D eigenvalue weighted by Gasteiger charge is 2.44. The number of ether oxygens (including phenoxy) is 2. The molecule has 0 bridgehead atoms. The number of benzene rings is 1. The van der Waals surface area contributed by atoms with Crippen LogP contribution in [0.2, 0.25) is 0 Å². The molecule has 1 amide bonds. The second kappa shape index (κ2) is 8.17. The average Bonchev–Trinajstić information content (AvgIpc) is 3.39. The van der Waals surface area contributed by atoms with E-state index in [1.165, 1.54) is 0 Å². The summed E-state index contributed by atoms with van der Waals surface area (Å²) in [6.07, 6.45) is 1.10. The Hall–Kier alpha value is -1.63.